The molecule has 0 amide bonds. The van der Waals surface area contributed by atoms with Crippen molar-refractivity contribution in [2.45, 2.75) is 33.1 Å². The van der Waals surface area contributed by atoms with Gasteiger partial charge in [0.1, 0.15) is 11.5 Å². The topological polar surface area (TPSA) is 59.3 Å². The van der Waals surface area contributed by atoms with Crippen LogP contribution in [0.5, 0.6) is 0 Å². The highest BCUT2D eigenvalue weighted by atomic mass is 32.2. The maximum atomic E-state index is 12.1. The molecular weight excluding hydrogens is 274 g/mol. The fourth-order valence-corrected chi connectivity index (χ4v) is 3.21. The number of benzene rings is 1. The molecule has 0 aliphatic rings. The van der Waals surface area contributed by atoms with Gasteiger partial charge in [-0.1, -0.05) is 29.8 Å². The Bertz CT molecular complexity index is 702. The van der Waals surface area contributed by atoms with E-state index in [1.165, 1.54) is 0 Å². The van der Waals surface area contributed by atoms with Crippen molar-refractivity contribution in [2.24, 2.45) is 0 Å². The van der Waals surface area contributed by atoms with Crippen molar-refractivity contribution in [3.63, 3.8) is 0 Å². The summed E-state index contributed by atoms with van der Waals surface area (Å²) in [6, 6.07) is 9.36. The molecule has 0 radical (unpaired) electrons. The van der Waals surface area contributed by atoms with Crippen LogP contribution in [0.2, 0.25) is 0 Å². The standard InChI is InChI=1S/C15H19NO3S/c1-11-5-4-6-14(7-11)10-20(17,18)16-9-15-8-12(2)19-13(15)3/h4-8,16H,9-10H2,1-3H3. The lowest BCUT2D eigenvalue weighted by Gasteiger charge is -2.07. The number of hydrogen-bond donors (Lipinski definition) is 1. The van der Waals surface area contributed by atoms with Gasteiger partial charge in [-0.05, 0) is 32.4 Å². The van der Waals surface area contributed by atoms with E-state index in [1.54, 1.807) is 0 Å². The van der Waals surface area contributed by atoms with Crippen molar-refractivity contribution in [2.75, 3.05) is 0 Å². The Balaban J connectivity index is 2.03. The van der Waals surface area contributed by atoms with Crippen LogP contribution in [0.15, 0.2) is 34.7 Å². The van der Waals surface area contributed by atoms with Crippen molar-refractivity contribution in [1.82, 2.24) is 4.72 Å². The normalized spacial score (nSPS) is 11.8. The Kier molecular flexibility index (Phi) is 4.30. The minimum atomic E-state index is -3.35. The number of nitrogens with one attached hydrogen (secondary N) is 1. The largest absolute Gasteiger partial charge is 0.466 e. The summed E-state index contributed by atoms with van der Waals surface area (Å²) in [7, 11) is -3.35. The molecule has 2 rings (SSSR count). The lowest BCUT2D eigenvalue weighted by Crippen LogP contribution is -2.24. The first-order chi connectivity index (χ1) is 9.35. The molecule has 0 saturated heterocycles. The molecule has 1 heterocycles. The lowest BCUT2D eigenvalue weighted by molar-refractivity contribution is 0.500. The second kappa shape index (κ2) is 5.81. The summed E-state index contributed by atoms with van der Waals surface area (Å²) in [5.41, 5.74) is 2.71. The summed E-state index contributed by atoms with van der Waals surface area (Å²) < 4.78 is 32.1. The molecule has 1 aromatic heterocycles. The third-order valence-corrected chi connectivity index (χ3v) is 4.36. The maximum absolute atomic E-state index is 12.1. The molecule has 0 aliphatic heterocycles. The molecule has 1 N–H and O–H groups in total. The molecule has 0 fully saturated rings. The lowest BCUT2D eigenvalue weighted by atomic mass is 10.2. The van der Waals surface area contributed by atoms with Crippen LogP contribution in [0.1, 0.15) is 28.2 Å². The highest BCUT2D eigenvalue weighted by Crippen LogP contribution is 2.14. The Labute approximate surface area is 119 Å². The first kappa shape index (κ1) is 14.8. The van der Waals surface area contributed by atoms with Gasteiger partial charge in [0.2, 0.25) is 10.0 Å². The summed E-state index contributed by atoms with van der Waals surface area (Å²) in [6.45, 7) is 5.88. The highest BCUT2D eigenvalue weighted by Gasteiger charge is 2.13. The van der Waals surface area contributed by atoms with Crippen molar-refractivity contribution in [3.8, 4) is 0 Å². The summed E-state index contributed by atoms with van der Waals surface area (Å²) in [5.74, 6) is 1.53. The average molecular weight is 293 g/mol. The van der Waals surface area contributed by atoms with Gasteiger partial charge >= 0.3 is 0 Å². The van der Waals surface area contributed by atoms with E-state index in [4.69, 9.17) is 4.42 Å². The minimum Gasteiger partial charge on any atom is -0.466 e. The third-order valence-electron chi connectivity index (χ3n) is 3.07. The van der Waals surface area contributed by atoms with Crippen LogP contribution in [-0.2, 0) is 22.3 Å². The Morgan fingerprint density at radius 3 is 2.50 bits per heavy atom. The number of furan rings is 1. The Morgan fingerprint density at radius 2 is 1.90 bits per heavy atom. The quantitative estimate of drug-likeness (QED) is 0.922. The van der Waals surface area contributed by atoms with Gasteiger partial charge in [-0.3, -0.25) is 0 Å². The van der Waals surface area contributed by atoms with Crippen molar-refractivity contribution in [3.05, 3.63) is 58.5 Å². The highest BCUT2D eigenvalue weighted by molar-refractivity contribution is 7.88. The van der Waals surface area contributed by atoms with Gasteiger partial charge in [0.25, 0.3) is 0 Å². The molecule has 0 saturated carbocycles. The van der Waals surface area contributed by atoms with E-state index in [-0.39, 0.29) is 12.3 Å². The second-order valence-electron chi connectivity index (χ2n) is 5.01. The molecule has 2 aromatic rings. The summed E-state index contributed by atoms with van der Waals surface area (Å²) in [4.78, 5) is 0. The Morgan fingerprint density at radius 1 is 1.15 bits per heavy atom. The van der Waals surface area contributed by atoms with Crippen molar-refractivity contribution in [1.29, 1.82) is 0 Å². The van der Waals surface area contributed by atoms with E-state index in [1.807, 2.05) is 51.1 Å². The van der Waals surface area contributed by atoms with E-state index in [0.717, 1.165) is 28.2 Å². The van der Waals surface area contributed by atoms with Crippen LogP contribution >= 0.6 is 0 Å². The minimum absolute atomic E-state index is 0.00936. The van der Waals surface area contributed by atoms with E-state index >= 15 is 0 Å². The van der Waals surface area contributed by atoms with Crippen LogP contribution < -0.4 is 4.72 Å². The predicted octanol–water partition coefficient (Wildman–Crippen LogP) is 2.82. The fourth-order valence-electron chi connectivity index (χ4n) is 2.12. The van der Waals surface area contributed by atoms with Gasteiger partial charge in [0.15, 0.2) is 0 Å². The molecule has 0 unspecified atom stereocenters. The van der Waals surface area contributed by atoms with E-state index < -0.39 is 10.0 Å². The molecule has 1 aromatic carbocycles. The molecule has 20 heavy (non-hydrogen) atoms. The maximum Gasteiger partial charge on any atom is 0.216 e. The van der Waals surface area contributed by atoms with Crippen molar-refractivity contribution >= 4 is 10.0 Å². The molecule has 0 spiro atoms. The van der Waals surface area contributed by atoms with Crippen LogP contribution in [0.4, 0.5) is 0 Å². The van der Waals surface area contributed by atoms with Crippen LogP contribution in [0, 0.1) is 20.8 Å². The summed E-state index contributed by atoms with van der Waals surface area (Å²) in [5, 5.41) is 0. The van der Waals surface area contributed by atoms with Crippen LogP contribution in [0.25, 0.3) is 0 Å². The molecule has 0 bridgehead atoms. The first-order valence-corrected chi connectivity index (χ1v) is 8.10. The van der Waals surface area contributed by atoms with Gasteiger partial charge < -0.3 is 4.42 Å². The number of sulfonamides is 1. The number of hydrogen-bond acceptors (Lipinski definition) is 3. The third kappa shape index (κ3) is 3.95. The molecule has 5 heteroatoms. The molecule has 108 valence electrons. The zero-order valence-corrected chi connectivity index (χ0v) is 12.8. The molecular formula is C15H19NO3S. The van der Waals surface area contributed by atoms with Gasteiger partial charge in [-0.2, -0.15) is 0 Å². The molecule has 0 atom stereocenters. The average Bonchev–Trinajstić information content (AvgIpc) is 2.65. The van der Waals surface area contributed by atoms with Gasteiger partial charge in [0.05, 0.1) is 5.75 Å². The van der Waals surface area contributed by atoms with Crippen LogP contribution in [-0.4, -0.2) is 8.42 Å². The molecule has 4 nitrogen and oxygen atoms in total. The zero-order chi connectivity index (χ0) is 14.8. The van der Waals surface area contributed by atoms with Gasteiger partial charge in [-0.25, -0.2) is 13.1 Å². The van der Waals surface area contributed by atoms with Crippen LogP contribution in [0.3, 0.4) is 0 Å². The SMILES string of the molecule is Cc1cccc(CS(=O)(=O)NCc2cc(C)oc2C)c1. The predicted molar refractivity (Wildman–Crippen MR) is 78.8 cm³/mol. The molecule has 0 aliphatic carbocycles. The smallest absolute Gasteiger partial charge is 0.216 e. The first-order valence-electron chi connectivity index (χ1n) is 6.44. The fraction of sp³-hybridized carbons (Fsp3) is 0.333. The number of rotatable bonds is 5. The van der Waals surface area contributed by atoms with E-state index in [2.05, 4.69) is 4.72 Å². The van der Waals surface area contributed by atoms with Gasteiger partial charge in [-0.15, -0.1) is 0 Å². The van der Waals surface area contributed by atoms with Gasteiger partial charge in [0, 0.05) is 12.1 Å². The summed E-state index contributed by atoms with van der Waals surface area (Å²) >= 11 is 0. The van der Waals surface area contributed by atoms with E-state index in [0.29, 0.717) is 0 Å². The second-order valence-corrected chi connectivity index (χ2v) is 6.81. The van der Waals surface area contributed by atoms with E-state index in [9.17, 15) is 8.42 Å². The zero-order valence-electron chi connectivity index (χ0n) is 11.9. The monoisotopic (exact) mass is 293 g/mol. The van der Waals surface area contributed by atoms with Crippen molar-refractivity contribution < 1.29 is 12.8 Å². The Hall–Kier alpha value is -1.59. The summed E-state index contributed by atoms with van der Waals surface area (Å²) in [6.07, 6.45) is 0. The number of aryl methyl sites for hydroxylation is 3.